The Kier molecular flexibility index (Phi) is 8.12. The van der Waals surface area contributed by atoms with Gasteiger partial charge in [-0.1, -0.05) is 30.3 Å². The van der Waals surface area contributed by atoms with Crippen LogP contribution in [0, 0.1) is 0 Å². The van der Waals surface area contributed by atoms with Crippen LogP contribution in [-0.2, 0) is 20.8 Å². The minimum absolute atomic E-state index is 0.132. The second-order valence-electron chi connectivity index (χ2n) is 9.56. The number of ether oxygens (including phenoxy) is 3. The smallest absolute Gasteiger partial charge is 0.410 e. The topological polar surface area (TPSA) is 68.3 Å². The molecule has 0 aliphatic carbocycles. The Balaban J connectivity index is 1.95. The number of amides is 2. The van der Waals surface area contributed by atoms with E-state index in [0.717, 1.165) is 5.56 Å². The van der Waals surface area contributed by atoms with Gasteiger partial charge in [0.2, 0.25) is 0 Å². The van der Waals surface area contributed by atoms with Gasteiger partial charge in [0.15, 0.2) is 0 Å². The van der Waals surface area contributed by atoms with Gasteiger partial charge in [-0.25, -0.2) is 9.59 Å². The molecule has 0 spiro atoms. The summed E-state index contributed by atoms with van der Waals surface area (Å²) in [7, 11) is 0. The standard InChI is InChI=1S/C23H36N2O5/c1-22(2,3)29-15-14-25(21(27)30-23(4,5)6)19-12-13-24(16-19)20(26)28-17-18-10-8-7-9-11-18/h7-11,19H,12-17H2,1-6H3. The van der Waals surface area contributed by atoms with E-state index in [1.165, 1.54) is 0 Å². The summed E-state index contributed by atoms with van der Waals surface area (Å²) in [4.78, 5) is 28.6. The molecule has 30 heavy (non-hydrogen) atoms. The summed E-state index contributed by atoms with van der Waals surface area (Å²) in [6.07, 6.45) is -0.0733. The molecule has 1 aliphatic rings. The molecule has 1 atom stereocenters. The molecule has 0 saturated carbocycles. The Labute approximate surface area is 180 Å². The number of nitrogens with zero attached hydrogens (tertiary/aromatic N) is 2. The highest BCUT2D eigenvalue weighted by molar-refractivity contribution is 5.70. The van der Waals surface area contributed by atoms with Crippen LogP contribution < -0.4 is 0 Å². The number of hydrogen-bond acceptors (Lipinski definition) is 5. The molecule has 7 nitrogen and oxygen atoms in total. The molecule has 2 amide bonds. The number of rotatable bonds is 6. The molecule has 0 N–H and O–H groups in total. The van der Waals surface area contributed by atoms with Crippen molar-refractivity contribution in [2.45, 2.75) is 71.8 Å². The van der Waals surface area contributed by atoms with Crippen LogP contribution in [0.5, 0.6) is 0 Å². The van der Waals surface area contributed by atoms with Gasteiger partial charge in [-0.15, -0.1) is 0 Å². The Morgan fingerprint density at radius 1 is 1.07 bits per heavy atom. The number of hydrogen-bond donors (Lipinski definition) is 0. The van der Waals surface area contributed by atoms with Crippen LogP contribution in [0.3, 0.4) is 0 Å². The van der Waals surface area contributed by atoms with Crippen LogP contribution >= 0.6 is 0 Å². The van der Waals surface area contributed by atoms with Gasteiger partial charge in [-0.2, -0.15) is 0 Å². The van der Waals surface area contributed by atoms with E-state index in [4.69, 9.17) is 14.2 Å². The zero-order valence-electron chi connectivity index (χ0n) is 19.1. The first-order valence-corrected chi connectivity index (χ1v) is 10.5. The van der Waals surface area contributed by atoms with Gasteiger partial charge >= 0.3 is 12.2 Å². The zero-order valence-corrected chi connectivity index (χ0v) is 19.1. The normalized spacial score (nSPS) is 17.0. The highest BCUT2D eigenvalue weighted by Crippen LogP contribution is 2.20. The predicted octanol–water partition coefficient (Wildman–Crippen LogP) is 4.45. The van der Waals surface area contributed by atoms with Crippen molar-refractivity contribution < 1.29 is 23.8 Å². The molecule has 1 unspecified atom stereocenters. The van der Waals surface area contributed by atoms with Crippen molar-refractivity contribution in [2.75, 3.05) is 26.2 Å². The third-order valence-corrected chi connectivity index (χ3v) is 4.56. The van der Waals surface area contributed by atoms with Crippen molar-refractivity contribution in [3.05, 3.63) is 35.9 Å². The lowest BCUT2D eigenvalue weighted by Gasteiger charge is -2.32. The van der Waals surface area contributed by atoms with Crippen LogP contribution in [0.25, 0.3) is 0 Å². The van der Waals surface area contributed by atoms with Gasteiger partial charge < -0.3 is 24.0 Å². The lowest BCUT2D eigenvalue weighted by atomic mass is 10.2. The largest absolute Gasteiger partial charge is 0.445 e. The molecule has 1 aromatic carbocycles. The summed E-state index contributed by atoms with van der Waals surface area (Å²) in [5.41, 5.74) is 0.0617. The first-order valence-electron chi connectivity index (χ1n) is 10.5. The van der Waals surface area contributed by atoms with Crippen molar-refractivity contribution in [1.82, 2.24) is 9.80 Å². The molecule has 0 aromatic heterocycles. The molecule has 1 heterocycles. The highest BCUT2D eigenvalue weighted by Gasteiger charge is 2.35. The zero-order chi connectivity index (χ0) is 22.4. The number of likely N-dealkylation sites (tertiary alicyclic amines) is 1. The van der Waals surface area contributed by atoms with E-state index in [9.17, 15) is 9.59 Å². The Morgan fingerprint density at radius 2 is 1.73 bits per heavy atom. The number of benzene rings is 1. The summed E-state index contributed by atoms with van der Waals surface area (Å²) < 4.78 is 16.8. The van der Waals surface area contributed by atoms with Crippen LogP contribution in [0.1, 0.15) is 53.5 Å². The van der Waals surface area contributed by atoms with Gasteiger partial charge in [-0.05, 0) is 53.5 Å². The summed E-state index contributed by atoms with van der Waals surface area (Å²) in [6, 6.07) is 9.44. The second-order valence-corrected chi connectivity index (χ2v) is 9.56. The van der Waals surface area contributed by atoms with Crippen molar-refractivity contribution >= 4 is 12.2 Å². The first-order chi connectivity index (χ1) is 13.9. The van der Waals surface area contributed by atoms with E-state index in [1.54, 1.807) is 9.80 Å². The van der Waals surface area contributed by atoms with Crippen LogP contribution in [0.2, 0.25) is 0 Å². The van der Waals surface area contributed by atoms with E-state index in [-0.39, 0.29) is 30.4 Å². The fourth-order valence-electron chi connectivity index (χ4n) is 3.17. The lowest BCUT2D eigenvalue weighted by molar-refractivity contribution is -0.0267. The highest BCUT2D eigenvalue weighted by atomic mass is 16.6. The fraction of sp³-hybridized carbons (Fsp3) is 0.652. The Bertz CT molecular complexity index is 694. The van der Waals surface area contributed by atoms with Crippen molar-refractivity contribution in [3.8, 4) is 0 Å². The average Bonchev–Trinajstić information content (AvgIpc) is 3.11. The lowest BCUT2D eigenvalue weighted by Crippen LogP contribution is -2.47. The third-order valence-electron chi connectivity index (χ3n) is 4.56. The Morgan fingerprint density at radius 3 is 2.33 bits per heavy atom. The molecule has 0 bridgehead atoms. The van der Waals surface area contributed by atoms with E-state index < -0.39 is 5.60 Å². The molecule has 168 valence electrons. The third kappa shape index (κ3) is 8.22. The van der Waals surface area contributed by atoms with Crippen LogP contribution in [0.4, 0.5) is 9.59 Å². The van der Waals surface area contributed by atoms with Crippen molar-refractivity contribution in [3.63, 3.8) is 0 Å². The van der Waals surface area contributed by atoms with Gasteiger partial charge in [0, 0.05) is 19.6 Å². The molecule has 1 fully saturated rings. The average molecular weight is 421 g/mol. The van der Waals surface area contributed by atoms with E-state index >= 15 is 0 Å². The molecule has 0 radical (unpaired) electrons. The monoisotopic (exact) mass is 420 g/mol. The van der Waals surface area contributed by atoms with Crippen LogP contribution in [0.15, 0.2) is 30.3 Å². The van der Waals surface area contributed by atoms with E-state index in [2.05, 4.69) is 0 Å². The number of carbonyl (C=O) groups is 2. The van der Waals surface area contributed by atoms with Gasteiger partial charge in [0.1, 0.15) is 12.2 Å². The fourth-order valence-corrected chi connectivity index (χ4v) is 3.17. The maximum atomic E-state index is 12.8. The first kappa shape index (κ1) is 24.0. The summed E-state index contributed by atoms with van der Waals surface area (Å²) in [5.74, 6) is 0. The second kappa shape index (κ2) is 10.2. The summed E-state index contributed by atoms with van der Waals surface area (Å²) in [5, 5.41) is 0. The van der Waals surface area contributed by atoms with E-state index in [1.807, 2.05) is 71.9 Å². The molecule has 2 rings (SSSR count). The van der Waals surface area contributed by atoms with Gasteiger partial charge in [-0.3, -0.25) is 0 Å². The minimum Gasteiger partial charge on any atom is -0.445 e. The molecule has 1 aromatic rings. The summed E-state index contributed by atoms with van der Waals surface area (Å²) in [6.45, 7) is 13.5. The van der Waals surface area contributed by atoms with E-state index in [0.29, 0.717) is 32.7 Å². The molecular weight excluding hydrogens is 384 g/mol. The summed E-state index contributed by atoms with van der Waals surface area (Å²) >= 11 is 0. The molecule has 7 heteroatoms. The van der Waals surface area contributed by atoms with Crippen molar-refractivity contribution in [1.29, 1.82) is 0 Å². The van der Waals surface area contributed by atoms with Gasteiger partial charge in [0.25, 0.3) is 0 Å². The molecule has 1 aliphatic heterocycles. The SMILES string of the molecule is CC(C)(C)OCCN(C(=O)OC(C)(C)C)C1CCN(C(=O)OCc2ccccc2)C1. The minimum atomic E-state index is -0.590. The molecule has 1 saturated heterocycles. The van der Waals surface area contributed by atoms with Crippen molar-refractivity contribution in [2.24, 2.45) is 0 Å². The van der Waals surface area contributed by atoms with Gasteiger partial charge in [0.05, 0.1) is 18.2 Å². The Hall–Kier alpha value is -2.28. The maximum absolute atomic E-state index is 12.8. The maximum Gasteiger partial charge on any atom is 0.410 e. The number of carbonyl (C=O) groups excluding carboxylic acids is 2. The van der Waals surface area contributed by atoms with Crippen LogP contribution in [-0.4, -0.2) is 65.5 Å². The molecular formula is C23H36N2O5. The predicted molar refractivity (Wildman–Crippen MR) is 115 cm³/mol. The quantitative estimate of drug-likeness (QED) is 0.680.